The van der Waals surface area contributed by atoms with Crippen molar-refractivity contribution < 1.29 is 14.6 Å². The van der Waals surface area contributed by atoms with E-state index in [1.54, 1.807) is 0 Å². The minimum absolute atomic E-state index is 0.144. The number of unbranched alkanes of at least 4 members (excludes halogenated alkanes) is 1. The van der Waals surface area contributed by atoms with Crippen molar-refractivity contribution in [3.63, 3.8) is 0 Å². The number of hydrogen-bond donors (Lipinski definition) is 3. The normalized spacial score (nSPS) is 12.9. The number of aryl methyl sites for hydroxylation is 1. The first kappa shape index (κ1) is 23.9. The van der Waals surface area contributed by atoms with E-state index in [2.05, 4.69) is 48.7 Å². The molecule has 2 aromatic rings. The van der Waals surface area contributed by atoms with Gasteiger partial charge in [0.2, 0.25) is 5.91 Å². The third-order valence-corrected chi connectivity index (χ3v) is 5.08. The number of nitrogens with one attached hydrogen (secondary N) is 2. The number of rotatable bonds is 13. The Morgan fingerprint density at radius 1 is 1.07 bits per heavy atom. The number of benzene rings is 2. The molecule has 0 aliphatic rings. The standard InChI is InChI=1S/C25H36N2O3/c1-4-6-14-30-23-12-10-21(11-13-23)16-24(27-19(3)28)25(29)18-26-17-22-9-7-8-20(5-2)15-22/h7-13,15,24-26,29H,4-6,14,16-18H2,1-3H3,(H,27,28)/t24-,25-/m0/s1. The van der Waals surface area contributed by atoms with Gasteiger partial charge in [-0.3, -0.25) is 4.79 Å². The highest BCUT2D eigenvalue weighted by atomic mass is 16.5. The van der Waals surface area contributed by atoms with Gasteiger partial charge in [0.1, 0.15) is 5.75 Å². The summed E-state index contributed by atoms with van der Waals surface area (Å²) in [6.07, 6.45) is 3.01. The average Bonchev–Trinajstić information content (AvgIpc) is 2.74. The fourth-order valence-electron chi connectivity index (χ4n) is 3.32. The van der Waals surface area contributed by atoms with Crippen LogP contribution in [-0.4, -0.2) is 36.3 Å². The number of ether oxygens (including phenoxy) is 1. The van der Waals surface area contributed by atoms with Gasteiger partial charge in [-0.05, 0) is 48.1 Å². The van der Waals surface area contributed by atoms with E-state index in [-0.39, 0.29) is 11.9 Å². The summed E-state index contributed by atoms with van der Waals surface area (Å²) in [5, 5.41) is 16.9. The van der Waals surface area contributed by atoms with Crippen LogP contribution in [0.3, 0.4) is 0 Å². The first-order chi connectivity index (χ1) is 14.5. The molecule has 30 heavy (non-hydrogen) atoms. The molecule has 0 saturated heterocycles. The van der Waals surface area contributed by atoms with E-state index in [0.29, 0.717) is 19.5 Å². The van der Waals surface area contributed by atoms with Crippen LogP contribution in [0, 0.1) is 0 Å². The minimum Gasteiger partial charge on any atom is -0.494 e. The lowest BCUT2D eigenvalue weighted by molar-refractivity contribution is -0.120. The minimum atomic E-state index is -0.691. The lowest BCUT2D eigenvalue weighted by Gasteiger charge is -2.24. The molecule has 0 spiro atoms. The lowest BCUT2D eigenvalue weighted by Crippen LogP contribution is -2.48. The van der Waals surface area contributed by atoms with Crippen LogP contribution >= 0.6 is 0 Å². The summed E-state index contributed by atoms with van der Waals surface area (Å²) in [7, 11) is 0. The molecule has 0 fully saturated rings. The monoisotopic (exact) mass is 412 g/mol. The van der Waals surface area contributed by atoms with Crippen LogP contribution < -0.4 is 15.4 Å². The molecular weight excluding hydrogens is 376 g/mol. The molecule has 0 aromatic heterocycles. The second-order valence-electron chi connectivity index (χ2n) is 7.73. The Bertz CT molecular complexity index is 761. The van der Waals surface area contributed by atoms with Crippen molar-refractivity contribution in [1.29, 1.82) is 0 Å². The smallest absolute Gasteiger partial charge is 0.217 e. The third kappa shape index (κ3) is 8.56. The molecule has 5 nitrogen and oxygen atoms in total. The second-order valence-corrected chi connectivity index (χ2v) is 7.73. The number of hydrogen-bond acceptors (Lipinski definition) is 4. The summed E-state index contributed by atoms with van der Waals surface area (Å²) >= 11 is 0. The Labute approximate surface area is 180 Å². The first-order valence-corrected chi connectivity index (χ1v) is 11.0. The topological polar surface area (TPSA) is 70.6 Å². The maximum atomic E-state index is 11.7. The van der Waals surface area contributed by atoms with Crippen molar-refractivity contribution in [2.45, 2.75) is 65.1 Å². The van der Waals surface area contributed by atoms with E-state index in [1.165, 1.54) is 18.1 Å². The van der Waals surface area contributed by atoms with E-state index in [0.717, 1.165) is 37.2 Å². The maximum Gasteiger partial charge on any atom is 0.217 e. The van der Waals surface area contributed by atoms with Gasteiger partial charge in [-0.2, -0.15) is 0 Å². The number of amides is 1. The third-order valence-electron chi connectivity index (χ3n) is 5.08. The van der Waals surface area contributed by atoms with Crippen LogP contribution in [0.5, 0.6) is 5.75 Å². The Kier molecular flexibility index (Phi) is 10.4. The molecule has 0 saturated carbocycles. The number of carbonyl (C=O) groups is 1. The Morgan fingerprint density at radius 2 is 1.80 bits per heavy atom. The molecule has 3 N–H and O–H groups in total. The first-order valence-electron chi connectivity index (χ1n) is 11.0. The van der Waals surface area contributed by atoms with Gasteiger partial charge in [0.15, 0.2) is 0 Å². The van der Waals surface area contributed by atoms with Gasteiger partial charge >= 0.3 is 0 Å². The van der Waals surface area contributed by atoms with Crippen molar-refractivity contribution in [3.05, 3.63) is 65.2 Å². The van der Waals surface area contributed by atoms with E-state index in [4.69, 9.17) is 4.74 Å². The zero-order valence-electron chi connectivity index (χ0n) is 18.5. The Morgan fingerprint density at radius 3 is 2.47 bits per heavy atom. The van der Waals surface area contributed by atoms with Crippen LogP contribution in [0.4, 0.5) is 0 Å². The Hall–Kier alpha value is -2.37. The van der Waals surface area contributed by atoms with Crippen molar-refractivity contribution in [2.75, 3.05) is 13.2 Å². The highest BCUT2D eigenvalue weighted by molar-refractivity contribution is 5.73. The summed E-state index contributed by atoms with van der Waals surface area (Å²) in [5.41, 5.74) is 3.54. The quantitative estimate of drug-likeness (QED) is 0.440. The maximum absolute atomic E-state index is 11.7. The van der Waals surface area contributed by atoms with Gasteiger partial charge in [-0.1, -0.05) is 56.7 Å². The van der Waals surface area contributed by atoms with Gasteiger partial charge in [0, 0.05) is 20.0 Å². The van der Waals surface area contributed by atoms with Crippen molar-refractivity contribution in [1.82, 2.24) is 10.6 Å². The lowest BCUT2D eigenvalue weighted by atomic mass is 10.0. The van der Waals surface area contributed by atoms with Gasteiger partial charge in [-0.25, -0.2) is 0 Å². The number of aliphatic hydroxyl groups excluding tert-OH is 1. The van der Waals surface area contributed by atoms with Crippen LogP contribution in [0.25, 0.3) is 0 Å². The van der Waals surface area contributed by atoms with E-state index >= 15 is 0 Å². The van der Waals surface area contributed by atoms with E-state index in [1.807, 2.05) is 24.3 Å². The van der Waals surface area contributed by atoms with Crippen molar-refractivity contribution in [2.24, 2.45) is 0 Å². The number of carbonyl (C=O) groups excluding carboxylic acids is 1. The van der Waals surface area contributed by atoms with Gasteiger partial charge in [0.05, 0.1) is 18.8 Å². The molecule has 1 amide bonds. The van der Waals surface area contributed by atoms with Crippen molar-refractivity contribution in [3.8, 4) is 5.75 Å². The largest absolute Gasteiger partial charge is 0.494 e. The van der Waals surface area contributed by atoms with Gasteiger partial charge < -0.3 is 20.5 Å². The molecule has 2 aromatic carbocycles. The average molecular weight is 413 g/mol. The Balaban J connectivity index is 1.89. The molecule has 0 aliphatic carbocycles. The SMILES string of the molecule is CCCCOc1ccc(C[C@H](NC(C)=O)[C@@H](O)CNCc2cccc(CC)c2)cc1. The molecule has 2 atom stereocenters. The van der Waals surface area contributed by atoms with Crippen LogP contribution in [-0.2, 0) is 24.2 Å². The molecule has 0 unspecified atom stereocenters. The van der Waals surface area contributed by atoms with Crippen molar-refractivity contribution >= 4 is 5.91 Å². The second kappa shape index (κ2) is 13.0. The molecule has 5 heteroatoms. The molecule has 0 radical (unpaired) electrons. The van der Waals surface area contributed by atoms with E-state index < -0.39 is 6.10 Å². The molecule has 0 aliphatic heterocycles. The zero-order chi connectivity index (χ0) is 21.8. The molecule has 2 rings (SSSR count). The number of aliphatic hydroxyl groups is 1. The van der Waals surface area contributed by atoms with Crippen LogP contribution in [0.1, 0.15) is 50.3 Å². The summed E-state index contributed by atoms with van der Waals surface area (Å²) in [5.74, 6) is 0.703. The fraction of sp³-hybridized carbons (Fsp3) is 0.480. The van der Waals surface area contributed by atoms with Gasteiger partial charge in [-0.15, -0.1) is 0 Å². The summed E-state index contributed by atoms with van der Waals surface area (Å²) in [4.78, 5) is 11.7. The highest BCUT2D eigenvalue weighted by Crippen LogP contribution is 2.15. The summed E-state index contributed by atoms with van der Waals surface area (Å²) in [6.45, 7) is 7.56. The molecule has 0 bridgehead atoms. The fourth-order valence-corrected chi connectivity index (χ4v) is 3.32. The predicted octanol–water partition coefficient (Wildman–Crippen LogP) is 3.63. The summed E-state index contributed by atoms with van der Waals surface area (Å²) in [6, 6.07) is 15.9. The van der Waals surface area contributed by atoms with E-state index in [9.17, 15) is 9.90 Å². The van der Waals surface area contributed by atoms with Crippen LogP contribution in [0.15, 0.2) is 48.5 Å². The highest BCUT2D eigenvalue weighted by Gasteiger charge is 2.20. The zero-order valence-corrected chi connectivity index (χ0v) is 18.5. The predicted molar refractivity (Wildman–Crippen MR) is 122 cm³/mol. The molecular formula is C25H36N2O3. The van der Waals surface area contributed by atoms with Crippen LogP contribution in [0.2, 0.25) is 0 Å². The summed E-state index contributed by atoms with van der Waals surface area (Å²) < 4.78 is 5.70. The van der Waals surface area contributed by atoms with Gasteiger partial charge in [0.25, 0.3) is 0 Å². The molecule has 0 heterocycles. The molecule has 164 valence electrons.